The molecule has 0 saturated heterocycles. The number of hydrogen-bond acceptors (Lipinski definition) is 1. The molecule has 0 bridgehead atoms. The Labute approximate surface area is 282 Å². The summed E-state index contributed by atoms with van der Waals surface area (Å²) in [6, 6.07) is 62.8. The molecule has 9 aromatic rings. The number of benzene rings is 7. The van der Waals surface area contributed by atoms with Crippen molar-refractivity contribution in [1.82, 2.24) is 9.13 Å². The van der Waals surface area contributed by atoms with Gasteiger partial charge in [0.25, 0.3) is 0 Å². The van der Waals surface area contributed by atoms with Gasteiger partial charge >= 0.3 is 0 Å². The molecule has 2 aromatic heterocycles. The standard InChI is InChI=1S/C45H28N2S/c1-3-15-29(16-4-1)45(30-17-5-2-6-18-30)34-22-9-7-19-31(34)42-35(45)23-14-26-38(42)46-36-24-10-8-20-32(36)41-33-21-13-28-40-43(33)47(44(41)46)37-25-11-12-27-39(37)48-40/h1-28H. The van der Waals surface area contributed by atoms with Crippen LogP contribution in [0.1, 0.15) is 22.3 Å². The third-order valence-electron chi connectivity index (χ3n) is 10.6. The van der Waals surface area contributed by atoms with Crippen molar-refractivity contribution in [3.05, 3.63) is 192 Å². The van der Waals surface area contributed by atoms with Crippen LogP contribution in [0, 0.1) is 0 Å². The monoisotopic (exact) mass is 628 g/mol. The number of hydrogen-bond donors (Lipinski definition) is 0. The van der Waals surface area contributed by atoms with Gasteiger partial charge in [0.2, 0.25) is 0 Å². The van der Waals surface area contributed by atoms with Crippen molar-refractivity contribution >= 4 is 44.6 Å². The molecule has 224 valence electrons. The van der Waals surface area contributed by atoms with Crippen molar-refractivity contribution in [2.45, 2.75) is 15.2 Å². The summed E-state index contributed by atoms with van der Waals surface area (Å²) in [5.74, 6) is 0. The maximum absolute atomic E-state index is 2.56. The van der Waals surface area contributed by atoms with E-state index < -0.39 is 5.41 Å². The molecule has 2 nitrogen and oxygen atoms in total. The summed E-state index contributed by atoms with van der Waals surface area (Å²) in [7, 11) is 0. The van der Waals surface area contributed by atoms with Crippen LogP contribution >= 0.6 is 11.8 Å². The van der Waals surface area contributed by atoms with Crippen molar-refractivity contribution in [2.75, 3.05) is 0 Å². The van der Waals surface area contributed by atoms with E-state index in [0.717, 1.165) is 0 Å². The number of aromatic nitrogens is 2. The molecule has 3 heteroatoms. The van der Waals surface area contributed by atoms with Crippen molar-refractivity contribution in [2.24, 2.45) is 0 Å². The zero-order valence-corrected chi connectivity index (χ0v) is 26.8. The third kappa shape index (κ3) is 3.19. The summed E-state index contributed by atoms with van der Waals surface area (Å²) in [6.45, 7) is 0. The van der Waals surface area contributed by atoms with E-state index in [-0.39, 0.29) is 0 Å². The first-order chi connectivity index (χ1) is 23.9. The first-order valence-corrected chi connectivity index (χ1v) is 17.4. The average molecular weight is 629 g/mol. The molecule has 1 aliphatic heterocycles. The summed E-state index contributed by atoms with van der Waals surface area (Å²) in [4.78, 5) is 2.58. The van der Waals surface area contributed by atoms with Gasteiger partial charge in [-0.25, -0.2) is 0 Å². The molecule has 3 heterocycles. The van der Waals surface area contributed by atoms with Crippen LogP contribution in [0.2, 0.25) is 0 Å². The van der Waals surface area contributed by atoms with Gasteiger partial charge in [0.1, 0.15) is 5.65 Å². The molecule has 2 aliphatic rings. The first-order valence-electron chi connectivity index (χ1n) is 16.5. The Hall–Kier alpha value is -5.77. The fourth-order valence-corrected chi connectivity index (χ4v) is 9.92. The van der Waals surface area contributed by atoms with Gasteiger partial charge in [-0.05, 0) is 58.1 Å². The van der Waals surface area contributed by atoms with E-state index in [1.807, 2.05) is 11.8 Å². The predicted octanol–water partition coefficient (Wildman–Crippen LogP) is 11.6. The molecular weight excluding hydrogens is 601 g/mol. The van der Waals surface area contributed by atoms with Gasteiger partial charge < -0.3 is 0 Å². The summed E-state index contributed by atoms with van der Waals surface area (Å²) < 4.78 is 5.09. The zero-order valence-electron chi connectivity index (χ0n) is 26.0. The number of para-hydroxylation sites is 3. The first kappa shape index (κ1) is 26.3. The smallest absolute Gasteiger partial charge is 0.131 e. The summed E-state index contributed by atoms with van der Waals surface area (Å²) in [6.07, 6.45) is 0. The van der Waals surface area contributed by atoms with Crippen LogP contribution in [0.5, 0.6) is 0 Å². The van der Waals surface area contributed by atoms with Crippen LogP contribution < -0.4 is 0 Å². The highest BCUT2D eigenvalue weighted by Crippen LogP contribution is 2.58. The van der Waals surface area contributed by atoms with E-state index >= 15 is 0 Å². The Morgan fingerprint density at radius 1 is 0.438 bits per heavy atom. The minimum atomic E-state index is -0.457. The fraction of sp³-hybridized carbons (Fsp3) is 0.0222. The summed E-state index contributed by atoms with van der Waals surface area (Å²) in [5.41, 5.74) is 13.5. The Morgan fingerprint density at radius 3 is 1.88 bits per heavy atom. The Balaban J connectivity index is 1.35. The molecule has 0 unspecified atom stereocenters. The molecule has 7 aromatic carbocycles. The number of nitrogens with zero attached hydrogens (tertiary/aromatic N) is 2. The van der Waals surface area contributed by atoms with Gasteiger partial charge in [0.05, 0.1) is 27.8 Å². The zero-order chi connectivity index (χ0) is 31.4. The summed E-state index contributed by atoms with van der Waals surface area (Å²) >= 11 is 1.88. The van der Waals surface area contributed by atoms with E-state index in [2.05, 4.69) is 179 Å². The Bertz CT molecular complexity index is 2710. The lowest BCUT2D eigenvalue weighted by molar-refractivity contribution is 0.768. The molecule has 0 atom stereocenters. The molecule has 0 N–H and O–H groups in total. The number of rotatable bonds is 3. The molecule has 1 aliphatic carbocycles. The average Bonchev–Trinajstić information content (AvgIpc) is 3.78. The van der Waals surface area contributed by atoms with Gasteiger partial charge in [-0.3, -0.25) is 9.13 Å². The van der Waals surface area contributed by atoms with Crippen LogP contribution in [0.25, 0.3) is 55.3 Å². The molecule has 0 amide bonds. The molecule has 0 saturated carbocycles. The minimum Gasteiger partial charge on any atom is -0.294 e. The quantitative estimate of drug-likeness (QED) is 0.189. The maximum Gasteiger partial charge on any atom is 0.131 e. The SMILES string of the molecule is c1ccc(C2(c3ccccc3)c3ccccc3-c3c(-n4c5ccccc5c5c6cccc7c6n(c54)-c4ccccc4S7)cccc32)cc1. The second-order valence-electron chi connectivity index (χ2n) is 12.8. The lowest BCUT2D eigenvalue weighted by Crippen LogP contribution is -2.28. The fourth-order valence-electron chi connectivity index (χ4n) is 8.83. The van der Waals surface area contributed by atoms with Crippen LogP contribution in [0.3, 0.4) is 0 Å². The van der Waals surface area contributed by atoms with Gasteiger partial charge in [0, 0.05) is 31.5 Å². The molecule has 0 fully saturated rings. The Morgan fingerprint density at radius 2 is 1.04 bits per heavy atom. The number of fused-ring (bicyclic) bond motifs is 10. The Kier molecular flexibility index (Phi) is 5.28. The van der Waals surface area contributed by atoms with Crippen molar-refractivity contribution in [3.63, 3.8) is 0 Å². The lowest BCUT2D eigenvalue weighted by atomic mass is 9.68. The maximum atomic E-state index is 2.56. The van der Waals surface area contributed by atoms with Gasteiger partial charge in [0.15, 0.2) is 0 Å². The van der Waals surface area contributed by atoms with Crippen LogP contribution in [0.4, 0.5) is 0 Å². The van der Waals surface area contributed by atoms with Gasteiger partial charge in [-0.2, -0.15) is 0 Å². The second kappa shape index (κ2) is 9.63. The van der Waals surface area contributed by atoms with E-state index in [1.54, 1.807) is 0 Å². The van der Waals surface area contributed by atoms with E-state index in [9.17, 15) is 0 Å². The van der Waals surface area contributed by atoms with Crippen LogP contribution in [-0.2, 0) is 5.41 Å². The van der Waals surface area contributed by atoms with E-state index in [0.29, 0.717) is 0 Å². The minimum absolute atomic E-state index is 0.457. The molecule has 0 radical (unpaired) electrons. The highest BCUT2D eigenvalue weighted by molar-refractivity contribution is 7.99. The molecule has 11 rings (SSSR count). The molecule has 0 spiro atoms. The van der Waals surface area contributed by atoms with Crippen LogP contribution in [-0.4, -0.2) is 9.13 Å². The third-order valence-corrected chi connectivity index (χ3v) is 11.7. The van der Waals surface area contributed by atoms with Gasteiger partial charge in [-0.1, -0.05) is 151 Å². The summed E-state index contributed by atoms with van der Waals surface area (Å²) in [5, 5.41) is 3.88. The van der Waals surface area contributed by atoms with Crippen molar-refractivity contribution in [3.8, 4) is 22.5 Å². The van der Waals surface area contributed by atoms with E-state index in [1.165, 1.54) is 87.4 Å². The van der Waals surface area contributed by atoms with E-state index in [4.69, 9.17) is 0 Å². The predicted molar refractivity (Wildman–Crippen MR) is 199 cm³/mol. The molecule has 48 heavy (non-hydrogen) atoms. The molecular formula is C45H28N2S. The highest BCUT2D eigenvalue weighted by atomic mass is 32.2. The normalized spacial score (nSPS) is 13.9. The lowest BCUT2D eigenvalue weighted by Gasteiger charge is -2.34. The second-order valence-corrected chi connectivity index (χ2v) is 13.9. The topological polar surface area (TPSA) is 9.86 Å². The highest BCUT2D eigenvalue weighted by Gasteiger charge is 2.47. The van der Waals surface area contributed by atoms with Gasteiger partial charge in [-0.15, -0.1) is 0 Å². The van der Waals surface area contributed by atoms with Crippen molar-refractivity contribution < 1.29 is 0 Å². The van der Waals surface area contributed by atoms with Crippen LogP contribution in [0.15, 0.2) is 180 Å². The largest absolute Gasteiger partial charge is 0.294 e. The van der Waals surface area contributed by atoms with Crippen molar-refractivity contribution in [1.29, 1.82) is 0 Å².